The predicted octanol–water partition coefficient (Wildman–Crippen LogP) is 3.89. The summed E-state index contributed by atoms with van der Waals surface area (Å²) in [5.41, 5.74) is 1.47. The van der Waals surface area contributed by atoms with Crippen LogP contribution in [-0.4, -0.2) is 6.67 Å². The summed E-state index contributed by atoms with van der Waals surface area (Å²) in [5.74, 6) is 1.53. The zero-order valence-corrected chi connectivity index (χ0v) is 8.59. The lowest BCUT2D eigenvalue weighted by Gasteiger charge is -2.09. The summed E-state index contributed by atoms with van der Waals surface area (Å²) < 4.78 is 11.8. The summed E-state index contributed by atoms with van der Waals surface area (Å²) in [6.45, 7) is 4.06. The Morgan fingerprint density at radius 1 is 1.46 bits per heavy atom. The van der Waals surface area contributed by atoms with E-state index in [1.54, 1.807) is 6.08 Å². The average Bonchev–Trinajstić information content (AvgIpc) is 2.86. The second kappa shape index (κ2) is 5.21. The van der Waals surface area contributed by atoms with Gasteiger partial charge in [-0.1, -0.05) is 37.6 Å². The topological polar surface area (TPSA) is 0 Å². The molecule has 0 unspecified atom stereocenters. The largest absolute Gasteiger partial charge is 0.247 e. The Hall–Kier alpha value is -0.590. The first kappa shape index (κ1) is 10.5. The first-order valence-corrected chi connectivity index (χ1v) is 5.15. The molecule has 0 radical (unpaired) electrons. The Morgan fingerprint density at radius 2 is 2.15 bits per heavy atom. The summed E-state index contributed by atoms with van der Waals surface area (Å²) in [7, 11) is 0. The molecular weight excluding hydrogens is 163 g/mol. The molecule has 1 rings (SSSR count). The van der Waals surface area contributed by atoms with Crippen LogP contribution in [0.15, 0.2) is 23.8 Å². The molecule has 0 aromatic heterocycles. The molecule has 0 aliphatic heterocycles. The minimum absolute atomic E-state index is 0.356. The van der Waals surface area contributed by atoms with Gasteiger partial charge < -0.3 is 0 Å². The molecule has 0 spiro atoms. The number of hydrogen-bond acceptors (Lipinski definition) is 0. The Kier molecular flexibility index (Phi) is 4.20. The van der Waals surface area contributed by atoms with E-state index in [0.717, 1.165) is 5.92 Å². The molecule has 0 aromatic rings. The van der Waals surface area contributed by atoms with Gasteiger partial charge in [-0.25, -0.2) is 4.39 Å². The SMILES string of the molecule is CC(C)/C(=C/C=C/CF)CC1CC1. The molecular formula is C12H19F. The van der Waals surface area contributed by atoms with Crippen molar-refractivity contribution in [2.45, 2.75) is 33.1 Å². The molecule has 1 aliphatic carbocycles. The molecule has 0 atom stereocenters. The maximum Gasteiger partial charge on any atom is 0.108 e. The summed E-state index contributed by atoms with van der Waals surface area (Å²) in [4.78, 5) is 0. The first-order valence-electron chi connectivity index (χ1n) is 5.15. The van der Waals surface area contributed by atoms with Crippen LogP contribution < -0.4 is 0 Å². The van der Waals surface area contributed by atoms with E-state index < -0.39 is 0 Å². The lowest BCUT2D eigenvalue weighted by Crippen LogP contribution is -1.94. The van der Waals surface area contributed by atoms with Gasteiger partial charge in [-0.15, -0.1) is 0 Å². The third-order valence-corrected chi connectivity index (χ3v) is 2.50. The van der Waals surface area contributed by atoms with Crippen molar-refractivity contribution in [2.24, 2.45) is 11.8 Å². The van der Waals surface area contributed by atoms with E-state index in [1.165, 1.54) is 24.8 Å². The van der Waals surface area contributed by atoms with Crippen LogP contribution >= 0.6 is 0 Å². The average molecular weight is 182 g/mol. The van der Waals surface area contributed by atoms with E-state index in [2.05, 4.69) is 19.9 Å². The highest BCUT2D eigenvalue weighted by Crippen LogP contribution is 2.36. The molecule has 13 heavy (non-hydrogen) atoms. The molecule has 0 amide bonds. The highest BCUT2D eigenvalue weighted by atomic mass is 19.1. The Morgan fingerprint density at radius 3 is 2.62 bits per heavy atom. The molecule has 0 bridgehead atoms. The molecule has 1 aliphatic rings. The fourth-order valence-electron chi connectivity index (χ4n) is 1.39. The zero-order chi connectivity index (χ0) is 9.68. The maximum absolute atomic E-state index is 11.8. The molecule has 1 saturated carbocycles. The Bertz CT molecular complexity index is 197. The summed E-state index contributed by atoms with van der Waals surface area (Å²) in [5, 5.41) is 0. The number of rotatable bonds is 5. The molecule has 74 valence electrons. The van der Waals surface area contributed by atoms with Crippen LogP contribution in [0.25, 0.3) is 0 Å². The van der Waals surface area contributed by atoms with Gasteiger partial charge in [0.25, 0.3) is 0 Å². The van der Waals surface area contributed by atoms with Crippen molar-refractivity contribution in [1.29, 1.82) is 0 Å². The van der Waals surface area contributed by atoms with E-state index in [-0.39, 0.29) is 6.67 Å². The quantitative estimate of drug-likeness (QED) is 0.566. The Labute approximate surface area is 80.5 Å². The normalized spacial score (nSPS) is 18.9. The lowest BCUT2D eigenvalue weighted by atomic mass is 9.97. The van der Waals surface area contributed by atoms with Crippen molar-refractivity contribution in [2.75, 3.05) is 6.67 Å². The van der Waals surface area contributed by atoms with Gasteiger partial charge >= 0.3 is 0 Å². The van der Waals surface area contributed by atoms with Crippen LogP contribution in [0.2, 0.25) is 0 Å². The van der Waals surface area contributed by atoms with Gasteiger partial charge in [-0.05, 0) is 31.1 Å². The van der Waals surface area contributed by atoms with E-state index >= 15 is 0 Å². The molecule has 1 fully saturated rings. The highest BCUT2D eigenvalue weighted by molar-refractivity contribution is 5.15. The van der Waals surface area contributed by atoms with Crippen LogP contribution in [0.4, 0.5) is 4.39 Å². The minimum atomic E-state index is -0.356. The Balaban J connectivity index is 2.43. The van der Waals surface area contributed by atoms with Crippen LogP contribution in [0.5, 0.6) is 0 Å². The number of halogens is 1. The predicted molar refractivity (Wildman–Crippen MR) is 55.4 cm³/mol. The highest BCUT2D eigenvalue weighted by Gasteiger charge is 2.22. The molecule has 0 saturated heterocycles. The molecule has 0 heterocycles. The third kappa shape index (κ3) is 4.25. The van der Waals surface area contributed by atoms with Gasteiger partial charge in [0.2, 0.25) is 0 Å². The van der Waals surface area contributed by atoms with E-state index in [4.69, 9.17) is 0 Å². The van der Waals surface area contributed by atoms with Crippen LogP contribution in [0, 0.1) is 11.8 Å². The van der Waals surface area contributed by atoms with Gasteiger partial charge in [-0.3, -0.25) is 0 Å². The fraction of sp³-hybridized carbons (Fsp3) is 0.667. The second-order valence-electron chi connectivity index (χ2n) is 4.13. The van der Waals surface area contributed by atoms with Crippen LogP contribution in [-0.2, 0) is 0 Å². The summed E-state index contributed by atoms with van der Waals surface area (Å²) in [6, 6.07) is 0. The van der Waals surface area contributed by atoms with Gasteiger partial charge in [0.05, 0.1) is 0 Å². The van der Waals surface area contributed by atoms with Crippen molar-refractivity contribution >= 4 is 0 Å². The standard InChI is InChI=1S/C12H19F/c1-10(2)12(5-3-4-8-13)9-11-6-7-11/h3-5,10-11H,6-9H2,1-2H3/b4-3+,12-5+. The maximum atomic E-state index is 11.8. The van der Waals surface area contributed by atoms with Crippen LogP contribution in [0.3, 0.4) is 0 Å². The molecule has 0 aromatic carbocycles. The number of hydrogen-bond donors (Lipinski definition) is 0. The first-order chi connectivity index (χ1) is 6.24. The number of allylic oxidation sites excluding steroid dienone is 4. The molecule has 0 N–H and O–H groups in total. The smallest absolute Gasteiger partial charge is 0.108 e. The van der Waals surface area contributed by atoms with Crippen molar-refractivity contribution in [3.63, 3.8) is 0 Å². The molecule has 1 heteroatoms. The van der Waals surface area contributed by atoms with Gasteiger partial charge in [-0.2, -0.15) is 0 Å². The lowest BCUT2D eigenvalue weighted by molar-refractivity contribution is 0.561. The van der Waals surface area contributed by atoms with Gasteiger partial charge in [0.1, 0.15) is 6.67 Å². The third-order valence-electron chi connectivity index (χ3n) is 2.50. The van der Waals surface area contributed by atoms with Crippen molar-refractivity contribution in [3.8, 4) is 0 Å². The van der Waals surface area contributed by atoms with Crippen molar-refractivity contribution in [1.82, 2.24) is 0 Å². The van der Waals surface area contributed by atoms with Gasteiger partial charge in [0.15, 0.2) is 0 Å². The van der Waals surface area contributed by atoms with E-state index in [0.29, 0.717) is 5.92 Å². The zero-order valence-electron chi connectivity index (χ0n) is 8.59. The minimum Gasteiger partial charge on any atom is -0.247 e. The monoisotopic (exact) mass is 182 g/mol. The van der Waals surface area contributed by atoms with Crippen molar-refractivity contribution in [3.05, 3.63) is 23.8 Å². The van der Waals surface area contributed by atoms with Crippen LogP contribution in [0.1, 0.15) is 33.1 Å². The summed E-state index contributed by atoms with van der Waals surface area (Å²) in [6.07, 6.45) is 9.48. The second-order valence-corrected chi connectivity index (χ2v) is 4.13. The van der Waals surface area contributed by atoms with Crippen molar-refractivity contribution < 1.29 is 4.39 Å². The molecule has 0 nitrogen and oxygen atoms in total. The van der Waals surface area contributed by atoms with E-state index in [1.807, 2.05) is 6.08 Å². The number of alkyl halides is 1. The van der Waals surface area contributed by atoms with E-state index in [9.17, 15) is 4.39 Å². The fourth-order valence-corrected chi connectivity index (χ4v) is 1.39. The summed E-state index contributed by atoms with van der Waals surface area (Å²) >= 11 is 0. The van der Waals surface area contributed by atoms with Gasteiger partial charge in [0, 0.05) is 0 Å².